The van der Waals surface area contributed by atoms with Gasteiger partial charge in [0.1, 0.15) is 6.04 Å². The van der Waals surface area contributed by atoms with Crippen LogP contribution in [0.15, 0.2) is 30.5 Å². The maximum Gasteiger partial charge on any atom is 0.325 e. The topological polar surface area (TPSA) is 82.2 Å². The van der Waals surface area contributed by atoms with Crippen LogP contribution in [0.4, 0.5) is 0 Å². The van der Waals surface area contributed by atoms with Crippen LogP contribution in [-0.4, -0.2) is 28.0 Å². The maximum absolute atomic E-state index is 11.7. The van der Waals surface area contributed by atoms with Gasteiger partial charge in [-0.25, -0.2) is 0 Å². The Morgan fingerprint density at radius 1 is 1.35 bits per heavy atom. The van der Waals surface area contributed by atoms with Crippen molar-refractivity contribution < 1.29 is 14.7 Å². The molecule has 1 amide bonds. The number of nitrogens with one attached hydrogen (secondary N) is 2. The predicted octanol–water partition coefficient (Wildman–Crippen LogP) is 1.37. The van der Waals surface area contributed by atoms with Crippen molar-refractivity contribution in [3.63, 3.8) is 0 Å². The summed E-state index contributed by atoms with van der Waals surface area (Å²) in [6.07, 6.45) is 1.78. The summed E-state index contributed by atoms with van der Waals surface area (Å²) in [7, 11) is 0. The summed E-state index contributed by atoms with van der Waals surface area (Å²) in [4.78, 5) is 25.3. The van der Waals surface area contributed by atoms with Gasteiger partial charge in [0, 0.05) is 17.3 Å². The number of amides is 1. The maximum atomic E-state index is 11.7. The number of carboxylic acids is 1. The Balaban J connectivity index is 2.21. The Kier molecular flexibility index (Phi) is 2.82. The molecule has 1 atom stereocenters. The van der Waals surface area contributed by atoms with Gasteiger partial charge in [0.2, 0.25) is 0 Å². The highest BCUT2D eigenvalue weighted by Gasteiger charge is 2.15. The van der Waals surface area contributed by atoms with E-state index in [9.17, 15) is 9.59 Å². The lowest BCUT2D eigenvalue weighted by molar-refractivity contribution is -0.138. The summed E-state index contributed by atoms with van der Waals surface area (Å²) in [6, 6.07) is 6.17. The summed E-state index contributed by atoms with van der Waals surface area (Å²) in [6.45, 7) is 1.42. The van der Waals surface area contributed by atoms with Gasteiger partial charge >= 0.3 is 5.97 Å². The average molecular weight is 232 g/mol. The van der Waals surface area contributed by atoms with Crippen molar-refractivity contribution in [2.24, 2.45) is 0 Å². The van der Waals surface area contributed by atoms with Gasteiger partial charge in [0.05, 0.1) is 0 Å². The highest BCUT2D eigenvalue weighted by Crippen LogP contribution is 2.14. The first kappa shape index (κ1) is 11.2. The van der Waals surface area contributed by atoms with Gasteiger partial charge in [-0.1, -0.05) is 6.07 Å². The zero-order valence-electron chi connectivity index (χ0n) is 9.23. The number of aromatic amines is 1. The van der Waals surface area contributed by atoms with E-state index in [1.165, 1.54) is 6.92 Å². The number of benzene rings is 1. The van der Waals surface area contributed by atoms with Crippen molar-refractivity contribution in [2.45, 2.75) is 13.0 Å². The molecule has 1 aromatic carbocycles. The molecule has 0 bridgehead atoms. The number of fused-ring (bicyclic) bond motifs is 1. The van der Waals surface area contributed by atoms with Crippen LogP contribution in [0.25, 0.3) is 10.9 Å². The van der Waals surface area contributed by atoms with Crippen LogP contribution < -0.4 is 5.32 Å². The molecule has 0 spiro atoms. The minimum absolute atomic E-state index is 0.392. The van der Waals surface area contributed by atoms with E-state index in [-0.39, 0.29) is 0 Å². The van der Waals surface area contributed by atoms with Gasteiger partial charge in [-0.2, -0.15) is 0 Å². The van der Waals surface area contributed by atoms with Gasteiger partial charge < -0.3 is 15.4 Å². The molecule has 0 aliphatic rings. The summed E-state index contributed by atoms with van der Waals surface area (Å²) in [5, 5.41) is 12.1. The van der Waals surface area contributed by atoms with Crippen LogP contribution in [-0.2, 0) is 4.79 Å². The molecule has 2 aromatic rings. The number of aromatic nitrogens is 1. The fourth-order valence-electron chi connectivity index (χ4n) is 1.53. The minimum Gasteiger partial charge on any atom is -0.480 e. The van der Waals surface area contributed by atoms with Gasteiger partial charge in [-0.05, 0) is 30.5 Å². The second kappa shape index (κ2) is 4.29. The van der Waals surface area contributed by atoms with Crippen LogP contribution >= 0.6 is 0 Å². The van der Waals surface area contributed by atoms with Crippen LogP contribution in [0.3, 0.4) is 0 Å². The monoisotopic (exact) mass is 232 g/mol. The van der Waals surface area contributed by atoms with Crippen molar-refractivity contribution in [2.75, 3.05) is 0 Å². The number of carbonyl (C=O) groups excluding carboxylic acids is 1. The first-order valence-electron chi connectivity index (χ1n) is 5.19. The minimum atomic E-state index is -1.06. The third-order valence-corrected chi connectivity index (χ3v) is 2.54. The van der Waals surface area contributed by atoms with E-state index in [1.807, 2.05) is 12.1 Å². The molecule has 0 fully saturated rings. The molecule has 5 heteroatoms. The lowest BCUT2D eigenvalue weighted by atomic mass is 10.1. The summed E-state index contributed by atoms with van der Waals surface area (Å²) in [5.74, 6) is -1.45. The normalized spacial score (nSPS) is 12.3. The molecule has 1 heterocycles. The van der Waals surface area contributed by atoms with Crippen LogP contribution in [0.2, 0.25) is 0 Å². The second-order valence-corrected chi connectivity index (χ2v) is 3.81. The van der Waals surface area contributed by atoms with E-state index in [0.717, 1.165) is 10.9 Å². The Hall–Kier alpha value is -2.30. The van der Waals surface area contributed by atoms with E-state index in [0.29, 0.717) is 5.56 Å². The van der Waals surface area contributed by atoms with Gasteiger partial charge in [-0.15, -0.1) is 0 Å². The quantitative estimate of drug-likeness (QED) is 0.747. The standard InChI is InChI=1S/C12H12N2O3/c1-7(12(16)17)14-11(15)9-3-2-8-4-5-13-10(8)6-9/h2-7,13H,1H3,(H,14,15)(H,16,17)/t7-/m0/s1. The molecule has 17 heavy (non-hydrogen) atoms. The zero-order valence-corrected chi connectivity index (χ0v) is 9.23. The lowest BCUT2D eigenvalue weighted by Gasteiger charge is -2.09. The first-order valence-corrected chi connectivity index (χ1v) is 5.19. The number of carbonyl (C=O) groups is 2. The number of rotatable bonds is 3. The number of hydrogen-bond donors (Lipinski definition) is 3. The third kappa shape index (κ3) is 2.28. The number of carboxylic acid groups (broad SMARTS) is 1. The van der Waals surface area contributed by atoms with Crippen molar-refractivity contribution in [1.82, 2.24) is 10.3 Å². The number of aliphatic carboxylic acids is 1. The zero-order chi connectivity index (χ0) is 12.4. The van der Waals surface area contributed by atoms with Crippen LogP contribution in [0.1, 0.15) is 17.3 Å². The first-order chi connectivity index (χ1) is 8.08. The Morgan fingerprint density at radius 3 is 2.82 bits per heavy atom. The average Bonchev–Trinajstić information content (AvgIpc) is 2.75. The van der Waals surface area contributed by atoms with Gasteiger partial charge in [0.25, 0.3) is 5.91 Å². The van der Waals surface area contributed by atoms with E-state index in [4.69, 9.17) is 5.11 Å². The molecule has 1 aromatic heterocycles. The van der Waals surface area contributed by atoms with Crippen LogP contribution in [0, 0.1) is 0 Å². The molecule has 5 nitrogen and oxygen atoms in total. The Labute approximate surface area is 97.4 Å². The van der Waals surface area contributed by atoms with Crippen molar-refractivity contribution in [1.29, 1.82) is 0 Å². The number of hydrogen-bond acceptors (Lipinski definition) is 2. The molecule has 0 aliphatic carbocycles. The molecular formula is C12H12N2O3. The summed E-state index contributed by atoms with van der Waals surface area (Å²) < 4.78 is 0. The van der Waals surface area contributed by atoms with Crippen molar-refractivity contribution in [3.05, 3.63) is 36.0 Å². The summed E-state index contributed by atoms with van der Waals surface area (Å²) in [5.41, 5.74) is 1.29. The van der Waals surface area contributed by atoms with Crippen molar-refractivity contribution >= 4 is 22.8 Å². The number of H-pyrrole nitrogens is 1. The fraction of sp³-hybridized carbons (Fsp3) is 0.167. The third-order valence-electron chi connectivity index (χ3n) is 2.54. The molecule has 0 saturated heterocycles. The van der Waals surface area contributed by atoms with Gasteiger partial charge in [-0.3, -0.25) is 9.59 Å². The Morgan fingerprint density at radius 2 is 2.12 bits per heavy atom. The highest BCUT2D eigenvalue weighted by molar-refractivity contribution is 5.99. The molecule has 0 unspecified atom stereocenters. The largest absolute Gasteiger partial charge is 0.480 e. The lowest BCUT2D eigenvalue weighted by Crippen LogP contribution is -2.38. The van der Waals surface area contributed by atoms with E-state index >= 15 is 0 Å². The molecule has 0 aliphatic heterocycles. The van der Waals surface area contributed by atoms with E-state index in [1.54, 1.807) is 18.3 Å². The van der Waals surface area contributed by atoms with Crippen LogP contribution in [0.5, 0.6) is 0 Å². The molecule has 2 rings (SSSR count). The SMILES string of the molecule is C[C@H](NC(=O)c1ccc2cc[nH]c2c1)C(=O)O. The molecule has 0 saturated carbocycles. The predicted molar refractivity (Wildman–Crippen MR) is 62.9 cm³/mol. The Bertz CT molecular complexity index is 574. The van der Waals surface area contributed by atoms with Gasteiger partial charge in [0.15, 0.2) is 0 Å². The highest BCUT2D eigenvalue weighted by atomic mass is 16.4. The molecular weight excluding hydrogens is 220 g/mol. The van der Waals surface area contributed by atoms with E-state index < -0.39 is 17.9 Å². The summed E-state index contributed by atoms with van der Waals surface area (Å²) >= 11 is 0. The second-order valence-electron chi connectivity index (χ2n) is 3.81. The smallest absolute Gasteiger partial charge is 0.325 e. The molecule has 88 valence electrons. The van der Waals surface area contributed by atoms with Crippen molar-refractivity contribution in [3.8, 4) is 0 Å². The fourth-order valence-corrected chi connectivity index (χ4v) is 1.53. The van der Waals surface area contributed by atoms with E-state index in [2.05, 4.69) is 10.3 Å². The molecule has 3 N–H and O–H groups in total. The molecule has 0 radical (unpaired) electrons.